The van der Waals surface area contributed by atoms with Crippen LogP contribution < -0.4 is 11.5 Å². The maximum Gasteiger partial charge on any atom is 0.268 e. The lowest BCUT2D eigenvalue weighted by atomic mass is 10.0. The summed E-state index contributed by atoms with van der Waals surface area (Å²) in [4.78, 5) is 15.5. The minimum Gasteiger partial charge on any atom is -0.382 e. The number of nitrogen functional groups attached to an aromatic ring is 1. The van der Waals surface area contributed by atoms with Gasteiger partial charge < -0.3 is 11.5 Å². The number of nitrogens with zero attached hydrogens (tertiary/aromatic N) is 4. The molecule has 0 aliphatic carbocycles. The van der Waals surface area contributed by atoms with E-state index in [-0.39, 0.29) is 5.69 Å². The average molecular weight is 449 g/mol. The quantitative estimate of drug-likeness (QED) is 0.472. The first-order valence-corrected chi connectivity index (χ1v) is 10.5. The van der Waals surface area contributed by atoms with Crippen LogP contribution in [0, 0.1) is 18.3 Å². The summed E-state index contributed by atoms with van der Waals surface area (Å²) in [6.07, 6.45) is 0. The van der Waals surface area contributed by atoms with Gasteiger partial charge in [0.15, 0.2) is 5.82 Å². The van der Waals surface area contributed by atoms with E-state index in [4.69, 9.17) is 28.3 Å². The monoisotopic (exact) mass is 448 g/mol. The zero-order valence-corrected chi connectivity index (χ0v) is 18.0. The summed E-state index contributed by atoms with van der Waals surface area (Å²) in [5.74, 6) is -0.137. The van der Waals surface area contributed by atoms with Crippen LogP contribution in [0.15, 0.2) is 47.8 Å². The van der Waals surface area contributed by atoms with Crippen molar-refractivity contribution in [3.05, 3.63) is 75.4 Å². The van der Waals surface area contributed by atoms with Crippen molar-refractivity contribution in [1.29, 1.82) is 5.26 Å². The Bertz CT molecular complexity index is 1330. The van der Waals surface area contributed by atoms with E-state index in [2.05, 4.69) is 16.2 Å². The van der Waals surface area contributed by atoms with Gasteiger partial charge in [0.1, 0.15) is 16.8 Å². The second-order valence-corrected chi connectivity index (χ2v) is 8.17. The van der Waals surface area contributed by atoms with Crippen molar-refractivity contribution in [3.8, 4) is 27.8 Å². The van der Waals surface area contributed by atoms with Crippen LogP contribution in [0.3, 0.4) is 0 Å². The highest BCUT2D eigenvalue weighted by molar-refractivity contribution is 7.13. The summed E-state index contributed by atoms with van der Waals surface area (Å²) in [5, 5.41) is 16.3. The Morgan fingerprint density at radius 2 is 1.94 bits per heavy atom. The fourth-order valence-corrected chi connectivity index (χ4v) is 4.32. The number of benzene rings is 2. The average Bonchev–Trinajstić information content (AvgIpc) is 3.34. The highest BCUT2D eigenvalue weighted by Crippen LogP contribution is 2.32. The lowest BCUT2D eigenvalue weighted by Crippen LogP contribution is -2.10. The minimum atomic E-state index is -0.537. The van der Waals surface area contributed by atoms with Gasteiger partial charge in [0.2, 0.25) is 0 Å². The van der Waals surface area contributed by atoms with Gasteiger partial charge in [0.25, 0.3) is 5.91 Å². The molecule has 4 N–H and O–H groups in total. The van der Waals surface area contributed by atoms with E-state index >= 15 is 0 Å². The lowest BCUT2D eigenvalue weighted by Gasteiger charge is -2.07. The van der Waals surface area contributed by atoms with Crippen LogP contribution in [0.1, 0.15) is 27.3 Å². The summed E-state index contributed by atoms with van der Waals surface area (Å²) < 4.78 is 1.83. The molecule has 0 spiro atoms. The molecule has 2 aromatic carbocycles. The van der Waals surface area contributed by atoms with Gasteiger partial charge in [-0.3, -0.25) is 9.48 Å². The molecule has 1 amide bonds. The second kappa shape index (κ2) is 8.22. The molecule has 31 heavy (non-hydrogen) atoms. The van der Waals surface area contributed by atoms with Crippen LogP contribution in [-0.4, -0.2) is 20.7 Å². The van der Waals surface area contributed by atoms with Crippen LogP contribution in [0.2, 0.25) is 5.02 Å². The van der Waals surface area contributed by atoms with E-state index < -0.39 is 5.91 Å². The molecule has 2 heterocycles. The zero-order chi connectivity index (χ0) is 22.1. The third-order valence-corrected chi connectivity index (χ3v) is 6.11. The van der Waals surface area contributed by atoms with Gasteiger partial charge in [-0.25, -0.2) is 4.98 Å². The Labute approximate surface area is 187 Å². The standard InChI is InChI=1S/C22H17ClN6OS/c1-12-19(15-6-7-16(9-24)17(23)8-15)20(25)28-29(12)10-13-2-4-14(5-3-13)22-27-18(11-31-22)21(26)30/h2-8,11H,10H2,1H3,(H2,25,28)(H2,26,30). The predicted octanol–water partition coefficient (Wildman–Crippen LogP) is 4.24. The number of anilines is 1. The number of hydrogen-bond donors (Lipinski definition) is 2. The Balaban J connectivity index is 1.59. The van der Waals surface area contributed by atoms with E-state index in [1.807, 2.05) is 41.9 Å². The highest BCUT2D eigenvalue weighted by atomic mass is 35.5. The van der Waals surface area contributed by atoms with Crippen molar-refractivity contribution in [2.45, 2.75) is 13.5 Å². The minimum absolute atomic E-state index is 0.266. The van der Waals surface area contributed by atoms with Crippen molar-refractivity contribution in [1.82, 2.24) is 14.8 Å². The highest BCUT2D eigenvalue weighted by Gasteiger charge is 2.16. The number of nitrogens with two attached hydrogens (primary N) is 2. The molecule has 7 nitrogen and oxygen atoms in total. The molecule has 0 saturated carbocycles. The predicted molar refractivity (Wildman–Crippen MR) is 122 cm³/mol. The van der Waals surface area contributed by atoms with Crippen LogP contribution in [0.5, 0.6) is 0 Å². The van der Waals surface area contributed by atoms with E-state index in [1.54, 1.807) is 17.5 Å². The Morgan fingerprint density at radius 1 is 1.23 bits per heavy atom. The van der Waals surface area contributed by atoms with Gasteiger partial charge in [-0.15, -0.1) is 11.3 Å². The summed E-state index contributed by atoms with van der Waals surface area (Å²) in [5.41, 5.74) is 16.6. The number of rotatable bonds is 5. The normalized spacial score (nSPS) is 10.7. The van der Waals surface area contributed by atoms with Gasteiger partial charge in [0, 0.05) is 22.2 Å². The number of carbonyl (C=O) groups is 1. The topological polar surface area (TPSA) is 124 Å². The van der Waals surface area contributed by atoms with Gasteiger partial charge in [-0.05, 0) is 30.2 Å². The molecule has 154 valence electrons. The summed E-state index contributed by atoms with van der Waals surface area (Å²) >= 11 is 7.56. The van der Waals surface area contributed by atoms with Crippen molar-refractivity contribution in [2.24, 2.45) is 5.73 Å². The molecule has 0 aliphatic heterocycles. The third-order valence-electron chi connectivity index (χ3n) is 4.90. The van der Waals surface area contributed by atoms with Crippen LogP contribution in [0.4, 0.5) is 5.82 Å². The zero-order valence-electron chi connectivity index (χ0n) is 16.5. The summed E-state index contributed by atoms with van der Waals surface area (Å²) in [7, 11) is 0. The first-order valence-electron chi connectivity index (χ1n) is 9.25. The van der Waals surface area contributed by atoms with E-state index in [0.29, 0.717) is 22.9 Å². The van der Waals surface area contributed by atoms with Crippen molar-refractivity contribution >= 4 is 34.7 Å². The third kappa shape index (κ3) is 4.01. The smallest absolute Gasteiger partial charge is 0.268 e. The number of nitriles is 1. The van der Waals surface area contributed by atoms with Crippen molar-refractivity contribution < 1.29 is 4.79 Å². The van der Waals surface area contributed by atoms with E-state index in [1.165, 1.54) is 11.3 Å². The fourth-order valence-electron chi connectivity index (χ4n) is 3.29. The molecule has 0 saturated heterocycles. The Kier molecular flexibility index (Phi) is 5.46. The van der Waals surface area contributed by atoms with E-state index in [9.17, 15) is 4.79 Å². The van der Waals surface area contributed by atoms with Gasteiger partial charge in [-0.1, -0.05) is 41.9 Å². The molecule has 0 unspecified atom stereocenters. The SMILES string of the molecule is Cc1c(-c2ccc(C#N)c(Cl)c2)c(N)nn1Cc1ccc(-c2nc(C(N)=O)cs2)cc1. The number of primary amides is 1. The molecule has 4 aromatic rings. The molecule has 9 heteroatoms. The Hall–Kier alpha value is -3.67. The first kappa shape index (κ1) is 20.6. The van der Waals surface area contributed by atoms with Gasteiger partial charge in [-0.2, -0.15) is 10.4 Å². The molecule has 0 bridgehead atoms. The molecule has 2 aromatic heterocycles. The van der Waals surface area contributed by atoms with Gasteiger partial charge in [0.05, 0.1) is 17.1 Å². The molecular formula is C22H17ClN6OS. The molecule has 0 radical (unpaired) electrons. The van der Waals surface area contributed by atoms with Crippen LogP contribution >= 0.6 is 22.9 Å². The molecule has 0 atom stereocenters. The lowest BCUT2D eigenvalue weighted by molar-refractivity contribution is 0.0996. The van der Waals surface area contributed by atoms with Crippen molar-refractivity contribution in [3.63, 3.8) is 0 Å². The molecule has 0 aliphatic rings. The number of hydrogen-bond acceptors (Lipinski definition) is 6. The van der Waals surface area contributed by atoms with Crippen LogP contribution in [0.25, 0.3) is 21.7 Å². The molecule has 4 rings (SSSR count). The molecule has 0 fully saturated rings. The second-order valence-electron chi connectivity index (χ2n) is 6.91. The number of halogens is 1. The Morgan fingerprint density at radius 3 is 2.55 bits per heavy atom. The maximum atomic E-state index is 11.2. The summed E-state index contributed by atoms with van der Waals surface area (Å²) in [6.45, 7) is 2.48. The number of aromatic nitrogens is 3. The first-order chi connectivity index (χ1) is 14.9. The van der Waals surface area contributed by atoms with E-state index in [0.717, 1.165) is 33.0 Å². The fraction of sp³-hybridized carbons (Fsp3) is 0.0909. The molecular weight excluding hydrogens is 432 g/mol. The summed E-state index contributed by atoms with van der Waals surface area (Å²) in [6, 6.07) is 15.1. The van der Waals surface area contributed by atoms with Gasteiger partial charge >= 0.3 is 0 Å². The largest absolute Gasteiger partial charge is 0.382 e. The maximum absolute atomic E-state index is 11.2. The van der Waals surface area contributed by atoms with Crippen molar-refractivity contribution in [2.75, 3.05) is 5.73 Å². The number of thiazole rings is 1. The number of amides is 1. The number of carbonyl (C=O) groups excluding carboxylic acids is 1. The van der Waals surface area contributed by atoms with Crippen LogP contribution in [-0.2, 0) is 6.54 Å².